The van der Waals surface area contributed by atoms with E-state index in [4.69, 9.17) is 5.73 Å². The van der Waals surface area contributed by atoms with Crippen LogP contribution >= 0.6 is 11.8 Å². The predicted molar refractivity (Wildman–Crippen MR) is 256 cm³/mol. The number of thioether (sulfide) groups is 1. The van der Waals surface area contributed by atoms with Crippen LogP contribution in [0.15, 0.2) is 91.3 Å². The van der Waals surface area contributed by atoms with Crippen molar-refractivity contribution in [1.29, 1.82) is 0 Å². The van der Waals surface area contributed by atoms with E-state index in [2.05, 4.69) is 36.6 Å². The van der Waals surface area contributed by atoms with Crippen LogP contribution in [-0.4, -0.2) is 145 Å². The largest absolute Gasteiger partial charge is 0.480 e. The topological polar surface area (TPSA) is 301 Å². The quantitative estimate of drug-likeness (QED) is 0.0430. The fraction of sp³-hybridized carbons (Fsp3) is 0.396. The minimum absolute atomic E-state index is 0.0522. The van der Waals surface area contributed by atoms with Crippen molar-refractivity contribution in [3.8, 4) is 0 Å². The highest BCUT2D eigenvalue weighted by Gasteiger charge is 2.39. The first-order valence-corrected chi connectivity index (χ1v) is 23.8. The summed E-state index contributed by atoms with van der Waals surface area (Å²) in [4.78, 5) is 104. The average molecular weight is 954 g/mol. The number of hydrogen-bond acceptors (Lipinski definition) is 11. The lowest BCUT2D eigenvalue weighted by molar-refractivity contribution is -0.142. The number of nitrogens with one attached hydrogen (secondary N) is 7. The normalized spacial score (nSPS) is 16.7. The Kier molecular flexibility index (Phi) is 17.7. The molecule has 3 aromatic carbocycles. The van der Waals surface area contributed by atoms with Crippen LogP contribution in [0.25, 0.3) is 21.8 Å². The van der Waals surface area contributed by atoms with Gasteiger partial charge in [0.05, 0.1) is 12.7 Å². The molecule has 0 radical (unpaired) electrons. The van der Waals surface area contributed by atoms with Gasteiger partial charge in [0.25, 0.3) is 0 Å². The van der Waals surface area contributed by atoms with Gasteiger partial charge in [-0.1, -0.05) is 66.7 Å². The fourth-order valence-electron chi connectivity index (χ4n) is 8.26. The summed E-state index contributed by atoms with van der Waals surface area (Å²) in [5, 5.41) is 45.2. The number of nitrogens with two attached hydrogens (primary N) is 1. The molecule has 0 bridgehead atoms. The number of fused-ring (bicyclic) bond motifs is 2. The molecular weight excluding hydrogens is 895 g/mol. The summed E-state index contributed by atoms with van der Waals surface area (Å²) in [6.45, 7) is 0.662. The van der Waals surface area contributed by atoms with Crippen molar-refractivity contribution in [2.45, 2.75) is 93.8 Å². The fourth-order valence-corrected chi connectivity index (χ4v) is 8.74. The van der Waals surface area contributed by atoms with Crippen molar-refractivity contribution in [1.82, 2.24) is 41.5 Å². The Labute approximate surface area is 396 Å². The summed E-state index contributed by atoms with van der Waals surface area (Å²) in [6.07, 6.45) is 4.65. The molecule has 8 atom stereocenters. The number of aliphatic carboxylic acids is 1. The number of para-hydroxylation sites is 2. The second-order valence-electron chi connectivity index (χ2n) is 16.9. The first-order chi connectivity index (χ1) is 32.7. The molecule has 6 amide bonds. The van der Waals surface area contributed by atoms with E-state index in [0.29, 0.717) is 28.9 Å². The number of likely N-dealkylation sites (tertiary alicyclic amines) is 1. The van der Waals surface area contributed by atoms with E-state index in [9.17, 15) is 48.9 Å². The number of benzene rings is 3. The number of aromatic nitrogens is 2. The molecule has 68 heavy (non-hydrogen) atoms. The number of carbonyl (C=O) groups excluding carboxylic acids is 6. The molecule has 0 spiro atoms. The molecule has 0 saturated carbocycles. The van der Waals surface area contributed by atoms with Crippen molar-refractivity contribution in [2.75, 3.05) is 25.2 Å². The molecule has 12 N–H and O–H groups in total. The number of carbonyl (C=O) groups is 7. The van der Waals surface area contributed by atoms with Crippen molar-refractivity contribution >= 4 is 75.0 Å². The van der Waals surface area contributed by atoms with Gasteiger partial charge in [-0.3, -0.25) is 28.8 Å². The van der Waals surface area contributed by atoms with Crippen LogP contribution in [0.2, 0.25) is 0 Å². The lowest BCUT2D eigenvalue weighted by Crippen LogP contribution is -2.61. The number of aliphatic hydroxyl groups excluding tert-OH is 2. The first-order valence-electron chi connectivity index (χ1n) is 22.4. The van der Waals surface area contributed by atoms with Gasteiger partial charge in [-0.25, -0.2) is 4.79 Å². The molecular formula is C48H59N9O10S. The summed E-state index contributed by atoms with van der Waals surface area (Å²) in [7, 11) is 0. The van der Waals surface area contributed by atoms with Crippen LogP contribution in [0.5, 0.6) is 0 Å². The highest BCUT2D eigenvalue weighted by Crippen LogP contribution is 2.23. The van der Waals surface area contributed by atoms with Crippen LogP contribution in [0.4, 0.5) is 0 Å². The van der Waals surface area contributed by atoms with Gasteiger partial charge < -0.3 is 62.5 Å². The number of aliphatic hydroxyl groups is 2. The van der Waals surface area contributed by atoms with Crippen molar-refractivity contribution in [2.24, 2.45) is 5.73 Å². The second-order valence-corrected chi connectivity index (χ2v) is 17.9. The highest BCUT2D eigenvalue weighted by atomic mass is 32.2. The van der Waals surface area contributed by atoms with Crippen molar-refractivity contribution in [3.63, 3.8) is 0 Å². The molecule has 1 fully saturated rings. The standard InChI is InChI=1S/C48H59N9O10S/c1-27(59)41(49)47(65)57-19-10-17-40(57)46(64)55-38(23-30-25-51-34-16-9-7-14-32(30)34)43(61)54-37(22-29-24-50-33-15-8-6-13-31(29)33)44(62)56-39(26-58)45(63)53-36(21-28-11-4-3-5-12-28)42(60)52-35(48(66)67)18-20-68-2/h3-9,11-16,24-25,27,35-41,50-51,58-59H,10,17-23,26,49H2,1-2H3,(H,52,60)(H,53,63)(H,54,61)(H,55,64)(H,56,62)(H,66,67). The summed E-state index contributed by atoms with van der Waals surface area (Å²) in [6, 6.07) is 14.1. The minimum atomic E-state index is -1.65. The molecule has 362 valence electrons. The molecule has 2 aromatic heterocycles. The number of H-pyrrole nitrogens is 2. The van der Waals surface area contributed by atoms with Crippen LogP contribution < -0.4 is 32.3 Å². The Morgan fingerprint density at radius 3 is 1.72 bits per heavy atom. The molecule has 1 aliphatic heterocycles. The SMILES string of the molecule is CSCCC(NC(=O)C(Cc1ccccc1)NC(=O)C(CO)NC(=O)C(Cc1c[nH]c2ccccc12)NC(=O)C(Cc1c[nH]c2ccccc12)NC(=O)C1CCCN1C(=O)C(N)C(C)O)C(=O)O. The number of carboxylic acid groups (broad SMARTS) is 1. The van der Waals surface area contributed by atoms with Crippen LogP contribution in [0.1, 0.15) is 42.9 Å². The number of hydrogen-bond donors (Lipinski definition) is 11. The van der Waals surface area contributed by atoms with Gasteiger partial charge in [-0.15, -0.1) is 0 Å². The van der Waals surface area contributed by atoms with Crippen molar-refractivity contribution in [3.05, 3.63) is 108 Å². The molecule has 3 heterocycles. The highest BCUT2D eigenvalue weighted by molar-refractivity contribution is 7.98. The third-order valence-corrected chi connectivity index (χ3v) is 12.7. The van der Waals surface area contributed by atoms with E-state index < -0.39 is 96.4 Å². The molecule has 1 saturated heterocycles. The maximum atomic E-state index is 14.7. The molecule has 20 heteroatoms. The summed E-state index contributed by atoms with van der Waals surface area (Å²) >= 11 is 1.40. The van der Waals surface area contributed by atoms with Gasteiger partial charge in [-0.2, -0.15) is 11.8 Å². The molecule has 6 rings (SSSR count). The lowest BCUT2D eigenvalue weighted by atomic mass is 10.0. The Hall–Kier alpha value is -6.74. The third kappa shape index (κ3) is 12.8. The van der Waals surface area contributed by atoms with E-state index in [0.717, 1.165) is 21.8 Å². The molecule has 8 unspecified atom stereocenters. The first kappa shape index (κ1) is 50.7. The Morgan fingerprint density at radius 2 is 1.19 bits per heavy atom. The van der Waals surface area contributed by atoms with E-state index in [-0.39, 0.29) is 38.6 Å². The zero-order valence-electron chi connectivity index (χ0n) is 37.8. The van der Waals surface area contributed by atoms with Crippen LogP contribution in [0, 0.1) is 0 Å². The zero-order valence-corrected chi connectivity index (χ0v) is 38.6. The number of rotatable bonds is 23. The molecule has 0 aliphatic carbocycles. The molecule has 19 nitrogen and oxygen atoms in total. The monoisotopic (exact) mass is 953 g/mol. The summed E-state index contributed by atoms with van der Waals surface area (Å²) < 4.78 is 0. The second kappa shape index (κ2) is 23.8. The lowest BCUT2D eigenvalue weighted by Gasteiger charge is -2.29. The third-order valence-electron chi connectivity index (χ3n) is 12.1. The smallest absolute Gasteiger partial charge is 0.326 e. The van der Waals surface area contributed by atoms with Gasteiger partial charge in [-0.05, 0) is 67.0 Å². The zero-order chi connectivity index (χ0) is 48.9. The number of amides is 6. The molecule has 1 aliphatic rings. The number of aromatic amines is 2. The predicted octanol–water partition coefficient (Wildman–Crippen LogP) is 0.630. The van der Waals surface area contributed by atoms with E-state index >= 15 is 0 Å². The van der Waals surface area contributed by atoms with E-state index in [1.807, 2.05) is 42.5 Å². The Bertz CT molecular complexity index is 2570. The maximum Gasteiger partial charge on any atom is 0.326 e. The Balaban J connectivity index is 1.27. The average Bonchev–Trinajstić information content (AvgIpc) is 4.10. The van der Waals surface area contributed by atoms with E-state index in [1.165, 1.54) is 23.6 Å². The van der Waals surface area contributed by atoms with Crippen molar-refractivity contribution < 1.29 is 48.9 Å². The van der Waals surface area contributed by atoms with E-state index in [1.54, 1.807) is 55.0 Å². The van der Waals surface area contributed by atoms with Gasteiger partial charge in [0.1, 0.15) is 42.3 Å². The summed E-state index contributed by atoms with van der Waals surface area (Å²) in [5.74, 6) is -5.48. The van der Waals surface area contributed by atoms with Crippen LogP contribution in [-0.2, 0) is 52.8 Å². The number of carboxylic acids is 1. The number of nitrogens with zero attached hydrogens (tertiary/aromatic N) is 1. The van der Waals surface area contributed by atoms with Gasteiger partial charge in [0, 0.05) is 60.0 Å². The minimum Gasteiger partial charge on any atom is -0.480 e. The maximum absolute atomic E-state index is 14.7. The van der Waals surface area contributed by atoms with Gasteiger partial charge in [0.2, 0.25) is 35.4 Å². The Morgan fingerprint density at radius 1 is 0.706 bits per heavy atom. The van der Waals surface area contributed by atoms with Gasteiger partial charge in [0.15, 0.2) is 0 Å². The summed E-state index contributed by atoms with van der Waals surface area (Å²) in [5.41, 5.74) is 9.43. The molecule has 5 aromatic rings. The van der Waals surface area contributed by atoms with Gasteiger partial charge >= 0.3 is 5.97 Å². The van der Waals surface area contributed by atoms with Crippen LogP contribution in [0.3, 0.4) is 0 Å².